The molecular formula is C12H15N3O3. The molecule has 2 atom stereocenters. The zero-order valence-corrected chi connectivity index (χ0v) is 10.3. The zero-order valence-electron chi connectivity index (χ0n) is 10.3. The van der Waals surface area contributed by atoms with Crippen LogP contribution in [0.25, 0.3) is 0 Å². The summed E-state index contributed by atoms with van der Waals surface area (Å²) in [4.78, 5) is 31.7. The van der Waals surface area contributed by atoms with Crippen molar-refractivity contribution in [3.05, 3.63) is 24.3 Å². The monoisotopic (exact) mass is 249 g/mol. The molecule has 1 amide bonds. The van der Waals surface area contributed by atoms with E-state index in [-0.39, 0.29) is 18.9 Å². The number of rotatable bonds is 3. The molecule has 1 N–H and O–H groups in total. The molecule has 0 saturated carbocycles. The van der Waals surface area contributed by atoms with E-state index in [1.165, 1.54) is 0 Å². The van der Waals surface area contributed by atoms with Crippen molar-refractivity contribution < 1.29 is 14.3 Å². The van der Waals surface area contributed by atoms with Gasteiger partial charge in [0.05, 0.1) is 17.7 Å². The minimum absolute atomic E-state index is 0.179. The van der Waals surface area contributed by atoms with Gasteiger partial charge in [0, 0.05) is 25.0 Å². The van der Waals surface area contributed by atoms with Crippen molar-refractivity contribution in [1.82, 2.24) is 15.3 Å². The van der Waals surface area contributed by atoms with Gasteiger partial charge in [-0.25, -0.2) is 4.79 Å². The first-order chi connectivity index (χ1) is 8.58. The highest BCUT2D eigenvalue weighted by atomic mass is 16.5. The van der Waals surface area contributed by atoms with Gasteiger partial charge >= 0.3 is 5.97 Å². The molecule has 1 aromatic heterocycles. The maximum absolute atomic E-state index is 11.9. The number of nitrogens with zero attached hydrogens (tertiary/aromatic N) is 2. The van der Waals surface area contributed by atoms with Crippen LogP contribution < -0.4 is 5.32 Å². The Balaban J connectivity index is 2.34. The Morgan fingerprint density at radius 2 is 2.39 bits per heavy atom. The standard InChI is InChI=1S/C12H15N3O3/c1-3-18-11(17)10-12(2,6-9(16)15-10)8-7-13-4-5-14-8/h4-5,7,10H,3,6H2,1-2H3,(H,15,16). The Morgan fingerprint density at radius 1 is 1.61 bits per heavy atom. The van der Waals surface area contributed by atoms with Crippen molar-refractivity contribution in [2.45, 2.75) is 31.7 Å². The second-order valence-corrected chi connectivity index (χ2v) is 4.44. The van der Waals surface area contributed by atoms with E-state index in [0.717, 1.165) is 0 Å². The Morgan fingerprint density at radius 3 is 3.00 bits per heavy atom. The minimum Gasteiger partial charge on any atom is -0.464 e. The molecule has 2 unspecified atom stereocenters. The van der Waals surface area contributed by atoms with Crippen LogP contribution in [-0.2, 0) is 19.7 Å². The Bertz CT molecular complexity index is 463. The largest absolute Gasteiger partial charge is 0.464 e. The van der Waals surface area contributed by atoms with Gasteiger partial charge in [0.1, 0.15) is 6.04 Å². The van der Waals surface area contributed by atoms with E-state index < -0.39 is 17.4 Å². The van der Waals surface area contributed by atoms with Crippen LogP contribution in [0.3, 0.4) is 0 Å². The summed E-state index contributed by atoms with van der Waals surface area (Å²) in [7, 11) is 0. The van der Waals surface area contributed by atoms with Gasteiger partial charge in [0.15, 0.2) is 0 Å². The van der Waals surface area contributed by atoms with Crippen LogP contribution in [0, 0.1) is 0 Å². The van der Waals surface area contributed by atoms with Gasteiger partial charge in [-0.05, 0) is 6.92 Å². The molecule has 0 aliphatic carbocycles. The van der Waals surface area contributed by atoms with Crippen molar-refractivity contribution >= 4 is 11.9 Å². The van der Waals surface area contributed by atoms with E-state index >= 15 is 0 Å². The highest BCUT2D eigenvalue weighted by Crippen LogP contribution is 2.34. The van der Waals surface area contributed by atoms with E-state index in [0.29, 0.717) is 5.69 Å². The Labute approximate surface area is 105 Å². The number of carbonyl (C=O) groups excluding carboxylic acids is 2. The van der Waals surface area contributed by atoms with Gasteiger partial charge in [0.25, 0.3) is 0 Å². The molecule has 6 nitrogen and oxygen atoms in total. The molecule has 96 valence electrons. The lowest BCUT2D eigenvalue weighted by atomic mass is 9.79. The molecule has 1 aromatic rings. The number of ether oxygens (including phenoxy) is 1. The Hall–Kier alpha value is -1.98. The summed E-state index contributed by atoms with van der Waals surface area (Å²) in [5.74, 6) is -0.613. The molecule has 6 heteroatoms. The average Bonchev–Trinajstić information content (AvgIpc) is 2.68. The molecule has 1 fully saturated rings. The normalized spacial score (nSPS) is 26.8. The third-order valence-corrected chi connectivity index (χ3v) is 3.14. The Kier molecular flexibility index (Phi) is 3.27. The number of nitrogens with one attached hydrogen (secondary N) is 1. The van der Waals surface area contributed by atoms with E-state index in [9.17, 15) is 9.59 Å². The van der Waals surface area contributed by atoms with Gasteiger partial charge < -0.3 is 10.1 Å². The fourth-order valence-electron chi connectivity index (χ4n) is 2.18. The number of esters is 1. The predicted octanol–water partition coefficient (Wildman–Crippen LogP) is 0.186. The molecule has 0 aromatic carbocycles. The van der Waals surface area contributed by atoms with Crippen LogP contribution in [0.4, 0.5) is 0 Å². The summed E-state index contributed by atoms with van der Waals surface area (Å²) in [6.07, 6.45) is 4.88. The lowest BCUT2D eigenvalue weighted by molar-refractivity contribution is -0.147. The first-order valence-electron chi connectivity index (χ1n) is 5.80. The summed E-state index contributed by atoms with van der Waals surface area (Å²) in [6.45, 7) is 3.83. The van der Waals surface area contributed by atoms with Crippen molar-refractivity contribution in [3.8, 4) is 0 Å². The highest BCUT2D eigenvalue weighted by Gasteiger charge is 2.50. The molecule has 2 rings (SSSR count). The van der Waals surface area contributed by atoms with E-state index in [1.807, 2.05) is 6.92 Å². The second-order valence-electron chi connectivity index (χ2n) is 4.44. The topological polar surface area (TPSA) is 81.2 Å². The highest BCUT2D eigenvalue weighted by molar-refractivity contribution is 5.91. The van der Waals surface area contributed by atoms with Gasteiger partial charge in [-0.15, -0.1) is 0 Å². The third kappa shape index (κ3) is 2.05. The summed E-state index contributed by atoms with van der Waals surface area (Å²) < 4.78 is 4.99. The molecule has 1 saturated heterocycles. The lowest BCUT2D eigenvalue weighted by Crippen LogP contribution is -2.46. The summed E-state index contributed by atoms with van der Waals surface area (Å²) >= 11 is 0. The van der Waals surface area contributed by atoms with Gasteiger partial charge in [-0.1, -0.05) is 6.92 Å². The molecule has 2 heterocycles. The van der Waals surface area contributed by atoms with Gasteiger partial charge in [-0.2, -0.15) is 0 Å². The minimum atomic E-state index is -0.711. The van der Waals surface area contributed by atoms with Gasteiger partial charge in [0.2, 0.25) is 5.91 Å². The second kappa shape index (κ2) is 4.72. The number of carbonyl (C=O) groups is 2. The maximum atomic E-state index is 11.9. The number of aromatic nitrogens is 2. The van der Waals surface area contributed by atoms with Gasteiger partial charge in [-0.3, -0.25) is 14.8 Å². The molecule has 0 spiro atoms. The van der Waals surface area contributed by atoms with Crippen LogP contribution in [0.1, 0.15) is 26.0 Å². The lowest BCUT2D eigenvalue weighted by Gasteiger charge is -2.27. The molecule has 1 aliphatic rings. The quantitative estimate of drug-likeness (QED) is 0.773. The molecule has 0 bridgehead atoms. The molecule has 18 heavy (non-hydrogen) atoms. The molecule has 1 aliphatic heterocycles. The van der Waals surface area contributed by atoms with Crippen LogP contribution in [0.15, 0.2) is 18.6 Å². The van der Waals surface area contributed by atoms with Crippen molar-refractivity contribution in [2.24, 2.45) is 0 Å². The van der Waals surface area contributed by atoms with Crippen LogP contribution in [-0.4, -0.2) is 34.5 Å². The van der Waals surface area contributed by atoms with E-state index in [2.05, 4.69) is 15.3 Å². The number of hydrogen-bond acceptors (Lipinski definition) is 5. The fourth-order valence-corrected chi connectivity index (χ4v) is 2.18. The predicted molar refractivity (Wildman–Crippen MR) is 62.6 cm³/mol. The van der Waals surface area contributed by atoms with Crippen LogP contribution >= 0.6 is 0 Å². The van der Waals surface area contributed by atoms with Crippen LogP contribution in [0.5, 0.6) is 0 Å². The van der Waals surface area contributed by atoms with Crippen molar-refractivity contribution in [1.29, 1.82) is 0 Å². The summed E-state index contributed by atoms with van der Waals surface area (Å²) in [6, 6.07) is -0.707. The average molecular weight is 249 g/mol. The summed E-state index contributed by atoms with van der Waals surface area (Å²) in [5.41, 5.74) is -0.0983. The zero-order chi connectivity index (χ0) is 13.2. The van der Waals surface area contributed by atoms with Crippen molar-refractivity contribution in [3.63, 3.8) is 0 Å². The van der Waals surface area contributed by atoms with E-state index in [1.54, 1.807) is 25.5 Å². The van der Waals surface area contributed by atoms with Crippen molar-refractivity contribution in [2.75, 3.05) is 6.61 Å². The fraction of sp³-hybridized carbons (Fsp3) is 0.500. The number of amides is 1. The third-order valence-electron chi connectivity index (χ3n) is 3.14. The smallest absolute Gasteiger partial charge is 0.329 e. The maximum Gasteiger partial charge on any atom is 0.329 e. The first kappa shape index (κ1) is 12.5. The molecular weight excluding hydrogens is 234 g/mol. The first-order valence-corrected chi connectivity index (χ1v) is 5.80. The summed E-state index contributed by atoms with van der Waals surface area (Å²) in [5, 5.41) is 2.65. The molecule has 0 radical (unpaired) electrons. The van der Waals surface area contributed by atoms with Crippen LogP contribution in [0.2, 0.25) is 0 Å². The number of hydrogen-bond donors (Lipinski definition) is 1. The van der Waals surface area contributed by atoms with E-state index in [4.69, 9.17) is 4.74 Å². The SMILES string of the molecule is CCOC(=O)C1NC(=O)CC1(C)c1cnccn1.